The molecule has 5 saturated carbocycles. The first-order valence-corrected chi connectivity index (χ1v) is 14.5. The number of aliphatic hydroxyl groups is 3. The normalized spacial score (nSPS) is 63.9. The van der Waals surface area contributed by atoms with E-state index in [9.17, 15) is 15.3 Å². The molecule has 2 heterocycles. The third-order valence-corrected chi connectivity index (χ3v) is 14.0. The van der Waals surface area contributed by atoms with Crippen molar-refractivity contribution in [1.82, 2.24) is 0 Å². The summed E-state index contributed by atoms with van der Waals surface area (Å²) in [4.78, 5) is 0. The molecule has 13 atom stereocenters. The first kappa shape index (κ1) is 23.9. The largest absolute Gasteiger partial charge is 0.393 e. The van der Waals surface area contributed by atoms with Crippen LogP contribution in [-0.2, 0) is 9.47 Å². The summed E-state index contributed by atoms with van der Waals surface area (Å²) in [7, 11) is 0. The Morgan fingerprint density at radius 3 is 2.23 bits per heavy atom. The van der Waals surface area contributed by atoms with Crippen LogP contribution in [0.25, 0.3) is 0 Å². The molecule has 2 saturated heterocycles. The quantitative estimate of drug-likeness (QED) is 0.500. The van der Waals surface area contributed by atoms with Crippen molar-refractivity contribution >= 4 is 0 Å². The summed E-state index contributed by atoms with van der Waals surface area (Å²) in [6.07, 6.45) is 7.16. The molecule has 5 aliphatic carbocycles. The van der Waals surface area contributed by atoms with Gasteiger partial charge in [0.2, 0.25) is 0 Å². The highest BCUT2D eigenvalue weighted by atomic mass is 16.8. The second-order valence-electron chi connectivity index (χ2n) is 16.1. The maximum atomic E-state index is 12.0. The highest BCUT2D eigenvalue weighted by Gasteiger charge is 2.87. The summed E-state index contributed by atoms with van der Waals surface area (Å²) in [6.45, 7) is 15.5. The Morgan fingerprint density at radius 1 is 0.829 bits per heavy atom. The van der Waals surface area contributed by atoms with E-state index in [1.54, 1.807) is 0 Å². The van der Waals surface area contributed by atoms with Crippen molar-refractivity contribution in [2.45, 2.75) is 136 Å². The van der Waals surface area contributed by atoms with Gasteiger partial charge < -0.3 is 24.8 Å². The van der Waals surface area contributed by atoms with E-state index >= 15 is 0 Å². The van der Waals surface area contributed by atoms with Gasteiger partial charge in [0.1, 0.15) is 6.10 Å². The van der Waals surface area contributed by atoms with Crippen molar-refractivity contribution in [3.05, 3.63) is 0 Å². The predicted octanol–water partition coefficient (Wildman–Crippen LogP) is 4.66. The molecular formula is C30H48O5. The lowest BCUT2D eigenvalue weighted by Gasteiger charge is -2.64. The monoisotopic (exact) mass is 488 g/mol. The van der Waals surface area contributed by atoms with Crippen molar-refractivity contribution in [3.8, 4) is 0 Å². The Labute approximate surface area is 211 Å². The van der Waals surface area contributed by atoms with E-state index < -0.39 is 11.4 Å². The van der Waals surface area contributed by atoms with Crippen LogP contribution in [-0.4, -0.2) is 51.1 Å². The van der Waals surface area contributed by atoms with Crippen LogP contribution in [0.15, 0.2) is 0 Å². The Bertz CT molecular complexity index is 957. The molecule has 35 heavy (non-hydrogen) atoms. The second-order valence-corrected chi connectivity index (χ2v) is 16.1. The molecule has 13 unspecified atom stereocenters. The minimum absolute atomic E-state index is 0.0308. The molecule has 0 aromatic rings. The van der Waals surface area contributed by atoms with Crippen LogP contribution in [0.2, 0.25) is 0 Å². The minimum atomic E-state index is -0.938. The smallest absolute Gasteiger partial charge is 0.173 e. The summed E-state index contributed by atoms with van der Waals surface area (Å²) >= 11 is 0. The summed E-state index contributed by atoms with van der Waals surface area (Å²) in [5.74, 6) is 0.733. The predicted molar refractivity (Wildman–Crippen MR) is 132 cm³/mol. The van der Waals surface area contributed by atoms with Gasteiger partial charge in [-0.1, -0.05) is 34.6 Å². The van der Waals surface area contributed by atoms with Crippen molar-refractivity contribution in [2.24, 2.45) is 50.7 Å². The van der Waals surface area contributed by atoms with Crippen LogP contribution in [0.1, 0.15) is 99.8 Å². The lowest BCUT2D eigenvalue weighted by molar-refractivity contribution is -0.245. The van der Waals surface area contributed by atoms with E-state index in [0.29, 0.717) is 11.8 Å². The first-order chi connectivity index (χ1) is 16.1. The van der Waals surface area contributed by atoms with Gasteiger partial charge in [-0.3, -0.25) is 0 Å². The van der Waals surface area contributed by atoms with Crippen molar-refractivity contribution in [3.63, 3.8) is 0 Å². The number of hydrogen-bond acceptors (Lipinski definition) is 5. The molecule has 5 nitrogen and oxygen atoms in total. The van der Waals surface area contributed by atoms with Gasteiger partial charge in [0, 0.05) is 12.3 Å². The van der Waals surface area contributed by atoms with Crippen molar-refractivity contribution in [2.75, 3.05) is 0 Å². The fourth-order valence-electron chi connectivity index (χ4n) is 12.7. The van der Waals surface area contributed by atoms with E-state index in [0.717, 1.165) is 38.5 Å². The van der Waals surface area contributed by atoms with Gasteiger partial charge in [-0.15, -0.1) is 0 Å². The standard InChI is InChI=1S/C30H48O5/c1-16-12-18-23(25(4,5)33)35-30(34-18)14-27(7)22-17(31)13-19-24(2,3)20(32)8-9-28(19)15-29(22,28)11-10-26(27,6)21(16)30/h16-23,31-33H,8-15H2,1-7H3. The van der Waals surface area contributed by atoms with E-state index in [-0.39, 0.29) is 63.3 Å². The molecule has 0 amide bonds. The van der Waals surface area contributed by atoms with E-state index in [1.165, 1.54) is 12.8 Å². The SMILES string of the molecule is CC1CC2OC3(CC4(C)C5C(O)CC6C(C)(C)C(O)CCC67CC57CCC4(C)C13)OC2C(C)(C)O. The zero-order valence-electron chi connectivity index (χ0n) is 22.9. The van der Waals surface area contributed by atoms with Gasteiger partial charge in [0.05, 0.1) is 23.9 Å². The number of fused-ring (bicyclic) bond motifs is 4. The molecule has 0 aromatic heterocycles. The van der Waals surface area contributed by atoms with Gasteiger partial charge in [-0.25, -0.2) is 0 Å². The van der Waals surface area contributed by atoms with Crippen molar-refractivity contribution in [1.29, 1.82) is 0 Å². The van der Waals surface area contributed by atoms with Crippen LogP contribution >= 0.6 is 0 Å². The Balaban J connectivity index is 1.32. The van der Waals surface area contributed by atoms with Gasteiger partial charge >= 0.3 is 0 Å². The fourth-order valence-corrected chi connectivity index (χ4v) is 12.7. The molecule has 7 fully saturated rings. The number of aliphatic hydroxyl groups excluding tert-OH is 2. The highest BCUT2D eigenvalue weighted by Crippen LogP contribution is 2.90. The maximum absolute atomic E-state index is 12.0. The Kier molecular flexibility index (Phi) is 4.32. The molecule has 7 rings (SSSR count). The van der Waals surface area contributed by atoms with E-state index in [4.69, 9.17) is 9.47 Å². The van der Waals surface area contributed by atoms with Crippen LogP contribution in [0.5, 0.6) is 0 Å². The summed E-state index contributed by atoms with van der Waals surface area (Å²) in [5.41, 5.74) is -0.674. The van der Waals surface area contributed by atoms with Gasteiger partial charge in [0.25, 0.3) is 0 Å². The van der Waals surface area contributed by atoms with Gasteiger partial charge in [-0.2, -0.15) is 0 Å². The molecule has 3 N–H and O–H groups in total. The first-order valence-electron chi connectivity index (χ1n) is 14.5. The summed E-state index contributed by atoms with van der Waals surface area (Å²) in [5, 5.41) is 33.9. The number of ether oxygens (including phenoxy) is 2. The molecule has 198 valence electrons. The highest BCUT2D eigenvalue weighted by molar-refractivity contribution is 5.33. The molecule has 0 aromatic carbocycles. The lowest BCUT2D eigenvalue weighted by Crippen LogP contribution is -2.62. The molecule has 2 bridgehead atoms. The van der Waals surface area contributed by atoms with Crippen LogP contribution < -0.4 is 0 Å². The maximum Gasteiger partial charge on any atom is 0.173 e. The fraction of sp³-hybridized carbons (Fsp3) is 1.00. The third-order valence-electron chi connectivity index (χ3n) is 14.0. The summed E-state index contributed by atoms with van der Waals surface area (Å²) < 4.78 is 13.7. The summed E-state index contributed by atoms with van der Waals surface area (Å²) in [6, 6.07) is 0. The number of hydrogen-bond donors (Lipinski definition) is 3. The van der Waals surface area contributed by atoms with Crippen LogP contribution in [0, 0.1) is 50.7 Å². The molecule has 5 heteroatoms. The molecule has 2 aliphatic heterocycles. The minimum Gasteiger partial charge on any atom is -0.393 e. The lowest BCUT2D eigenvalue weighted by atomic mass is 9.41. The van der Waals surface area contributed by atoms with Crippen molar-refractivity contribution < 1.29 is 24.8 Å². The molecule has 7 aliphatic rings. The third kappa shape index (κ3) is 2.42. The van der Waals surface area contributed by atoms with Gasteiger partial charge in [0.15, 0.2) is 5.79 Å². The van der Waals surface area contributed by atoms with Crippen LogP contribution in [0.3, 0.4) is 0 Å². The topological polar surface area (TPSA) is 79.2 Å². The molecule has 0 radical (unpaired) electrons. The molecule has 3 spiro atoms. The molecular weight excluding hydrogens is 440 g/mol. The zero-order valence-corrected chi connectivity index (χ0v) is 22.9. The average Bonchev–Trinajstić information content (AvgIpc) is 3.20. The Morgan fingerprint density at radius 2 is 1.54 bits per heavy atom. The number of rotatable bonds is 1. The van der Waals surface area contributed by atoms with E-state index in [2.05, 4.69) is 34.6 Å². The van der Waals surface area contributed by atoms with Gasteiger partial charge in [-0.05, 0) is 104 Å². The zero-order chi connectivity index (χ0) is 25.2. The van der Waals surface area contributed by atoms with Crippen LogP contribution in [0.4, 0.5) is 0 Å². The average molecular weight is 489 g/mol. The Hall–Kier alpha value is -0.200. The second kappa shape index (κ2) is 6.33. The van der Waals surface area contributed by atoms with E-state index in [1.807, 2.05) is 13.8 Å².